The van der Waals surface area contributed by atoms with Gasteiger partial charge in [0.05, 0.1) is 22.1 Å². The number of anilines is 1. The first kappa shape index (κ1) is 18.0. The Morgan fingerprint density at radius 3 is 2.63 bits per heavy atom. The van der Waals surface area contributed by atoms with Crippen LogP contribution in [0, 0.1) is 5.92 Å². The summed E-state index contributed by atoms with van der Waals surface area (Å²) in [7, 11) is 4.22. The van der Waals surface area contributed by atoms with Gasteiger partial charge in [0.2, 0.25) is 5.91 Å². The van der Waals surface area contributed by atoms with Gasteiger partial charge in [-0.25, -0.2) is 4.98 Å². The average molecular weight is 382 g/mol. The van der Waals surface area contributed by atoms with Gasteiger partial charge in [-0.05, 0) is 51.9 Å². The second-order valence-corrected chi connectivity index (χ2v) is 8.20. The number of hydrogen-bond acceptors (Lipinski definition) is 6. The van der Waals surface area contributed by atoms with Gasteiger partial charge in [-0.15, -0.1) is 11.3 Å². The van der Waals surface area contributed by atoms with Crippen molar-refractivity contribution >= 4 is 34.0 Å². The molecule has 3 heterocycles. The molecule has 0 bridgehead atoms. The summed E-state index contributed by atoms with van der Waals surface area (Å²) >= 11 is 1.58. The largest absolute Gasteiger partial charge is 0.310 e. The number of thiazole rings is 1. The number of pyridine rings is 2. The number of nitrogens with zero attached hydrogens (tertiary/aromatic N) is 4. The molecule has 0 saturated heterocycles. The third kappa shape index (κ3) is 3.99. The standard InChI is InChI=1S/C20H23N5OS/c1-25(2)16-5-3-13(4-6-16)20(26)24-19-8-14-7-15(18-11-21-12-27-18)9-22-17(14)10-23-19/h7-13,16H,3-6H2,1-2H3,(H,23,24,26). The van der Waals surface area contributed by atoms with Crippen LogP contribution in [0.5, 0.6) is 0 Å². The minimum absolute atomic E-state index is 0.0698. The summed E-state index contributed by atoms with van der Waals surface area (Å²) in [4.78, 5) is 28.9. The molecule has 3 aromatic rings. The lowest BCUT2D eigenvalue weighted by Crippen LogP contribution is -2.35. The highest BCUT2D eigenvalue weighted by Crippen LogP contribution is 2.29. The number of amides is 1. The Morgan fingerprint density at radius 1 is 1.11 bits per heavy atom. The maximum Gasteiger partial charge on any atom is 0.228 e. The van der Waals surface area contributed by atoms with Crippen LogP contribution >= 0.6 is 11.3 Å². The van der Waals surface area contributed by atoms with Crippen LogP contribution in [0.2, 0.25) is 0 Å². The average Bonchev–Trinajstić information content (AvgIpc) is 3.22. The number of nitrogens with one attached hydrogen (secondary N) is 1. The maximum atomic E-state index is 12.6. The van der Waals surface area contributed by atoms with E-state index in [0.717, 1.165) is 47.0 Å². The molecule has 0 spiro atoms. The molecule has 3 aromatic heterocycles. The van der Waals surface area contributed by atoms with Crippen LogP contribution in [-0.2, 0) is 4.79 Å². The second kappa shape index (κ2) is 7.70. The van der Waals surface area contributed by atoms with Crippen LogP contribution < -0.4 is 5.32 Å². The number of aromatic nitrogens is 3. The first-order chi connectivity index (χ1) is 13.1. The Kier molecular flexibility index (Phi) is 5.13. The minimum atomic E-state index is 0.0698. The molecule has 1 aliphatic rings. The third-order valence-corrected chi connectivity index (χ3v) is 6.16. The van der Waals surface area contributed by atoms with E-state index in [2.05, 4.69) is 45.3 Å². The molecule has 0 aliphatic heterocycles. The van der Waals surface area contributed by atoms with Crippen LogP contribution in [0.1, 0.15) is 25.7 Å². The number of rotatable bonds is 4. The molecule has 4 rings (SSSR count). The van der Waals surface area contributed by atoms with E-state index in [1.54, 1.807) is 17.5 Å². The number of carbonyl (C=O) groups excluding carboxylic acids is 1. The topological polar surface area (TPSA) is 71.0 Å². The lowest BCUT2D eigenvalue weighted by atomic mass is 9.85. The van der Waals surface area contributed by atoms with E-state index in [9.17, 15) is 4.79 Å². The van der Waals surface area contributed by atoms with E-state index in [4.69, 9.17) is 0 Å². The van der Waals surface area contributed by atoms with E-state index in [1.807, 2.05) is 24.0 Å². The van der Waals surface area contributed by atoms with Crippen molar-refractivity contribution in [2.75, 3.05) is 19.4 Å². The first-order valence-electron chi connectivity index (χ1n) is 9.22. The summed E-state index contributed by atoms with van der Waals surface area (Å²) in [5, 5.41) is 3.96. The predicted molar refractivity (Wildman–Crippen MR) is 109 cm³/mol. The van der Waals surface area contributed by atoms with Crippen LogP contribution in [0.25, 0.3) is 21.3 Å². The number of fused-ring (bicyclic) bond motifs is 1. The summed E-state index contributed by atoms with van der Waals surface area (Å²) in [6.07, 6.45) is 9.38. The van der Waals surface area contributed by atoms with Crippen LogP contribution in [0.4, 0.5) is 5.82 Å². The van der Waals surface area contributed by atoms with Gasteiger partial charge in [0.15, 0.2) is 0 Å². The molecular weight excluding hydrogens is 358 g/mol. The molecule has 0 atom stereocenters. The number of hydrogen-bond donors (Lipinski definition) is 1. The van der Waals surface area contributed by atoms with E-state index in [1.165, 1.54) is 0 Å². The van der Waals surface area contributed by atoms with Crippen LogP contribution in [-0.4, -0.2) is 45.9 Å². The van der Waals surface area contributed by atoms with Crippen LogP contribution in [0.3, 0.4) is 0 Å². The highest BCUT2D eigenvalue weighted by molar-refractivity contribution is 7.13. The monoisotopic (exact) mass is 381 g/mol. The molecule has 0 aromatic carbocycles. The van der Waals surface area contributed by atoms with Gasteiger partial charge < -0.3 is 10.2 Å². The minimum Gasteiger partial charge on any atom is -0.310 e. The van der Waals surface area contributed by atoms with Crippen LogP contribution in [0.15, 0.2) is 36.2 Å². The smallest absolute Gasteiger partial charge is 0.228 e. The molecular formula is C20H23N5OS. The fraction of sp³-hybridized carbons (Fsp3) is 0.400. The summed E-state index contributed by atoms with van der Waals surface area (Å²) < 4.78 is 0. The van der Waals surface area contributed by atoms with Gasteiger partial charge in [-0.2, -0.15) is 0 Å². The molecule has 1 aliphatic carbocycles. The van der Waals surface area contributed by atoms with Crippen molar-refractivity contribution < 1.29 is 4.79 Å². The highest BCUT2D eigenvalue weighted by Gasteiger charge is 2.27. The normalized spacial score (nSPS) is 20.1. The quantitative estimate of drug-likeness (QED) is 0.744. The number of carbonyl (C=O) groups is 1. The van der Waals surface area contributed by atoms with E-state index >= 15 is 0 Å². The van der Waals surface area contributed by atoms with Crippen molar-refractivity contribution in [2.45, 2.75) is 31.7 Å². The summed E-state index contributed by atoms with van der Waals surface area (Å²) in [6.45, 7) is 0. The van der Waals surface area contributed by atoms with Gasteiger partial charge in [-0.1, -0.05) is 0 Å². The van der Waals surface area contributed by atoms with Gasteiger partial charge in [0.25, 0.3) is 0 Å². The molecule has 140 valence electrons. The van der Waals surface area contributed by atoms with Crippen molar-refractivity contribution in [3.05, 3.63) is 36.2 Å². The lowest BCUT2D eigenvalue weighted by molar-refractivity contribution is -0.121. The molecule has 1 fully saturated rings. The fourth-order valence-corrected chi connectivity index (χ4v) is 4.28. The molecule has 27 heavy (non-hydrogen) atoms. The van der Waals surface area contributed by atoms with E-state index in [-0.39, 0.29) is 11.8 Å². The van der Waals surface area contributed by atoms with Crippen molar-refractivity contribution in [2.24, 2.45) is 5.92 Å². The van der Waals surface area contributed by atoms with Gasteiger partial charge in [-0.3, -0.25) is 14.8 Å². The van der Waals surface area contributed by atoms with Gasteiger partial charge in [0, 0.05) is 35.3 Å². The molecule has 1 saturated carbocycles. The van der Waals surface area contributed by atoms with E-state index in [0.29, 0.717) is 11.9 Å². The summed E-state index contributed by atoms with van der Waals surface area (Å²) in [5.41, 5.74) is 3.64. The molecule has 0 unspecified atom stereocenters. The molecule has 0 radical (unpaired) electrons. The van der Waals surface area contributed by atoms with Crippen molar-refractivity contribution in [1.82, 2.24) is 19.9 Å². The Labute approximate surface area is 162 Å². The van der Waals surface area contributed by atoms with Gasteiger partial charge in [0.1, 0.15) is 5.82 Å². The Balaban J connectivity index is 1.48. The van der Waals surface area contributed by atoms with Gasteiger partial charge >= 0.3 is 0 Å². The van der Waals surface area contributed by atoms with Crippen molar-refractivity contribution in [3.63, 3.8) is 0 Å². The third-order valence-electron chi connectivity index (χ3n) is 5.33. The Morgan fingerprint density at radius 2 is 1.93 bits per heavy atom. The van der Waals surface area contributed by atoms with Crippen molar-refractivity contribution in [3.8, 4) is 10.4 Å². The zero-order valence-corrected chi connectivity index (χ0v) is 16.4. The van der Waals surface area contributed by atoms with Crippen molar-refractivity contribution in [1.29, 1.82) is 0 Å². The lowest BCUT2D eigenvalue weighted by Gasteiger charge is -2.31. The maximum absolute atomic E-state index is 12.6. The predicted octanol–water partition coefficient (Wildman–Crippen LogP) is 3.81. The summed E-state index contributed by atoms with van der Waals surface area (Å²) in [5.74, 6) is 0.733. The highest BCUT2D eigenvalue weighted by atomic mass is 32.1. The SMILES string of the molecule is CN(C)C1CCC(C(=O)Nc2cc3cc(-c4cncs4)cnc3cn2)CC1. The zero-order chi connectivity index (χ0) is 18.8. The zero-order valence-electron chi connectivity index (χ0n) is 15.6. The fourth-order valence-electron chi connectivity index (χ4n) is 3.68. The molecule has 1 N–H and O–H groups in total. The molecule has 7 heteroatoms. The van der Waals surface area contributed by atoms with E-state index < -0.39 is 0 Å². The molecule has 6 nitrogen and oxygen atoms in total. The Hall–Kier alpha value is -2.38. The molecule has 1 amide bonds. The first-order valence-corrected chi connectivity index (χ1v) is 10.1. The Bertz CT molecular complexity index is 933. The summed E-state index contributed by atoms with van der Waals surface area (Å²) in [6, 6.07) is 4.55. The second-order valence-electron chi connectivity index (χ2n) is 7.31.